The molecule has 1 N–H and O–H groups in total. The number of urea groups is 1. The van der Waals surface area contributed by atoms with E-state index in [0.29, 0.717) is 26.2 Å². The molecule has 4 rings (SSSR count). The molecule has 1 aromatic carbocycles. The maximum Gasteiger partial charge on any atom is 0.321 e. The summed E-state index contributed by atoms with van der Waals surface area (Å²) in [7, 11) is 0. The van der Waals surface area contributed by atoms with Gasteiger partial charge in [0.1, 0.15) is 0 Å². The van der Waals surface area contributed by atoms with Gasteiger partial charge in [0.2, 0.25) is 5.91 Å². The van der Waals surface area contributed by atoms with E-state index < -0.39 is 0 Å². The number of amides is 3. The fraction of sp³-hybridized carbons (Fsp3) is 0.619. The van der Waals surface area contributed by atoms with Crippen LogP contribution in [-0.2, 0) is 9.53 Å². The third-order valence-corrected chi connectivity index (χ3v) is 6.10. The second-order valence-electron chi connectivity index (χ2n) is 7.87. The van der Waals surface area contributed by atoms with Crippen LogP contribution < -0.4 is 5.32 Å². The molecule has 0 unspecified atom stereocenters. The average Bonchev–Trinajstić information content (AvgIpc) is 2.73. The van der Waals surface area contributed by atoms with Gasteiger partial charge in [0.25, 0.3) is 0 Å². The van der Waals surface area contributed by atoms with E-state index in [4.69, 9.17) is 4.74 Å². The molecule has 6 heteroatoms. The fourth-order valence-electron chi connectivity index (χ4n) is 4.69. The SMILES string of the molecule is O=C(Nc1ccccc1)N1CCC[C@H](C(=O)N2CCO[C@@H]3CCCC[C@H]32)C1. The van der Waals surface area contributed by atoms with Gasteiger partial charge in [0.05, 0.1) is 24.7 Å². The van der Waals surface area contributed by atoms with Crippen molar-refractivity contribution < 1.29 is 14.3 Å². The van der Waals surface area contributed by atoms with Gasteiger partial charge in [0.15, 0.2) is 0 Å². The first-order valence-electron chi connectivity index (χ1n) is 10.3. The number of hydrogen-bond donors (Lipinski definition) is 1. The summed E-state index contributed by atoms with van der Waals surface area (Å²) in [5, 5.41) is 2.94. The summed E-state index contributed by atoms with van der Waals surface area (Å²) in [6.07, 6.45) is 6.41. The zero-order valence-corrected chi connectivity index (χ0v) is 15.8. The first kappa shape index (κ1) is 18.3. The van der Waals surface area contributed by atoms with Gasteiger partial charge in [-0.05, 0) is 37.8 Å². The molecule has 1 aromatic rings. The molecule has 0 spiro atoms. The Kier molecular flexibility index (Phi) is 5.62. The van der Waals surface area contributed by atoms with E-state index in [1.165, 1.54) is 12.8 Å². The number of piperidine rings is 1. The van der Waals surface area contributed by atoms with Crippen molar-refractivity contribution in [2.75, 3.05) is 31.6 Å². The lowest BCUT2D eigenvalue weighted by molar-refractivity contribution is -0.155. The number of ether oxygens (including phenoxy) is 1. The van der Waals surface area contributed by atoms with Gasteiger partial charge in [-0.3, -0.25) is 4.79 Å². The Morgan fingerprint density at radius 2 is 1.81 bits per heavy atom. The van der Waals surface area contributed by atoms with Crippen molar-refractivity contribution in [2.45, 2.75) is 50.7 Å². The van der Waals surface area contributed by atoms with Gasteiger partial charge in [-0.25, -0.2) is 4.79 Å². The van der Waals surface area contributed by atoms with E-state index >= 15 is 0 Å². The van der Waals surface area contributed by atoms with Gasteiger partial charge in [0, 0.05) is 25.3 Å². The van der Waals surface area contributed by atoms with Crippen molar-refractivity contribution in [1.29, 1.82) is 0 Å². The number of morpholine rings is 1. The third-order valence-electron chi connectivity index (χ3n) is 6.10. The first-order chi connectivity index (χ1) is 13.2. The molecule has 146 valence electrons. The minimum absolute atomic E-state index is 0.0963. The number of likely N-dealkylation sites (tertiary alicyclic amines) is 1. The highest BCUT2D eigenvalue weighted by Crippen LogP contribution is 2.31. The van der Waals surface area contributed by atoms with Gasteiger partial charge in [-0.15, -0.1) is 0 Å². The molecule has 6 nitrogen and oxygen atoms in total. The highest BCUT2D eigenvalue weighted by molar-refractivity contribution is 5.90. The molecule has 0 aromatic heterocycles. The molecule has 2 saturated heterocycles. The van der Waals surface area contributed by atoms with E-state index in [9.17, 15) is 9.59 Å². The van der Waals surface area contributed by atoms with Crippen LogP contribution in [0.2, 0.25) is 0 Å². The third kappa shape index (κ3) is 4.10. The summed E-state index contributed by atoms with van der Waals surface area (Å²) in [4.78, 5) is 29.7. The van der Waals surface area contributed by atoms with E-state index in [0.717, 1.165) is 31.4 Å². The predicted molar refractivity (Wildman–Crippen MR) is 103 cm³/mol. The number of nitrogens with one attached hydrogen (secondary N) is 1. The van der Waals surface area contributed by atoms with Crippen LogP contribution in [-0.4, -0.2) is 60.1 Å². The molecular weight excluding hydrogens is 342 g/mol. The van der Waals surface area contributed by atoms with Gasteiger partial charge >= 0.3 is 6.03 Å². The Bertz CT molecular complexity index is 664. The number of nitrogens with zero attached hydrogens (tertiary/aromatic N) is 2. The van der Waals surface area contributed by atoms with Crippen LogP contribution in [0.25, 0.3) is 0 Å². The lowest BCUT2D eigenvalue weighted by Gasteiger charge is -2.45. The molecule has 27 heavy (non-hydrogen) atoms. The molecule has 0 radical (unpaired) electrons. The van der Waals surface area contributed by atoms with Crippen molar-refractivity contribution in [2.24, 2.45) is 5.92 Å². The van der Waals surface area contributed by atoms with Crippen molar-refractivity contribution >= 4 is 17.6 Å². The maximum absolute atomic E-state index is 13.2. The quantitative estimate of drug-likeness (QED) is 0.869. The van der Waals surface area contributed by atoms with Crippen LogP contribution in [0.3, 0.4) is 0 Å². The smallest absolute Gasteiger partial charge is 0.321 e. The number of rotatable bonds is 2. The van der Waals surface area contributed by atoms with Crippen LogP contribution in [0, 0.1) is 5.92 Å². The van der Waals surface area contributed by atoms with Crippen molar-refractivity contribution in [3.05, 3.63) is 30.3 Å². The summed E-state index contributed by atoms with van der Waals surface area (Å²) >= 11 is 0. The van der Waals surface area contributed by atoms with Gasteiger partial charge in [-0.2, -0.15) is 0 Å². The molecule has 1 saturated carbocycles. The molecule has 2 aliphatic heterocycles. The Morgan fingerprint density at radius 1 is 1.00 bits per heavy atom. The summed E-state index contributed by atoms with van der Waals surface area (Å²) in [5.41, 5.74) is 0.786. The minimum Gasteiger partial charge on any atom is -0.374 e. The molecule has 2 heterocycles. The zero-order valence-electron chi connectivity index (χ0n) is 15.8. The van der Waals surface area contributed by atoms with E-state index in [-0.39, 0.29) is 30.0 Å². The van der Waals surface area contributed by atoms with E-state index in [2.05, 4.69) is 10.2 Å². The normalized spacial score (nSPS) is 28.4. The summed E-state index contributed by atoms with van der Waals surface area (Å²) in [6.45, 7) is 2.54. The fourth-order valence-corrected chi connectivity index (χ4v) is 4.69. The number of hydrogen-bond acceptors (Lipinski definition) is 3. The molecule has 3 aliphatic rings. The summed E-state index contributed by atoms with van der Waals surface area (Å²) < 4.78 is 5.91. The maximum atomic E-state index is 13.2. The summed E-state index contributed by atoms with van der Waals surface area (Å²) in [5.74, 6) is 0.119. The lowest BCUT2D eigenvalue weighted by atomic mass is 9.88. The number of fused-ring (bicyclic) bond motifs is 1. The molecule has 3 atom stereocenters. The zero-order chi connectivity index (χ0) is 18.6. The van der Waals surface area contributed by atoms with Crippen molar-refractivity contribution in [3.8, 4) is 0 Å². The molecule has 1 aliphatic carbocycles. The van der Waals surface area contributed by atoms with Crippen LogP contribution >= 0.6 is 0 Å². The lowest BCUT2D eigenvalue weighted by Crippen LogP contribution is -2.58. The Morgan fingerprint density at radius 3 is 2.67 bits per heavy atom. The second-order valence-corrected chi connectivity index (χ2v) is 7.87. The van der Waals surface area contributed by atoms with Gasteiger partial charge < -0.3 is 19.9 Å². The van der Waals surface area contributed by atoms with Crippen LogP contribution in [0.15, 0.2) is 30.3 Å². The summed E-state index contributed by atoms with van der Waals surface area (Å²) in [6, 6.07) is 9.59. The van der Waals surface area contributed by atoms with Gasteiger partial charge in [-0.1, -0.05) is 31.0 Å². The monoisotopic (exact) mass is 371 g/mol. The van der Waals surface area contributed by atoms with E-state index in [1.807, 2.05) is 30.3 Å². The Labute approximate surface area is 160 Å². The predicted octanol–water partition coefficient (Wildman–Crippen LogP) is 3.10. The van der Waals surface area contributed by atoms with E-state index in [1.54, 1.807) is 4.90 Å². The Hall–Kier alpha value is -2.08. The van der Waals surface area contributed by atoms with Crippen LogP contribution in [0.4, 0.5) is 10.5 Å². The second kappa shape index (κ2) is 8.30. The van der Waals surface area contributed by atoms with Crippen LogP contribution in [0.5, 0.6) is 0 Å². The Balaban J connectivity index is 1.38. The topological polar surface area (TPSA) is 61.9 Å². The molecule has 3 amide bonds. The largest absolute Gasteiger partial charge is 0.374 e. The number of benzene rings is 1. The number of carbonyl (C=O) groups excluding carboxylic acids is 2. The van der Waals surface area contributed by atoms with Crippen molar-refractivity contribution in [1.82, 2.24) is 9.80 Å². The number of para-hydroxylation sites is 1. The minimum atomic E-state index is -0.115. The van der Waals surface area contributed by atoms with Crippen LogP contribution in [0.1, 0.15) is 38.5 Å². The first-order valence-corrected chi connectivity index (χ1v) is 10.3. The standard InChI is InChI=1S/C21H29N3O3/c25-20(24-13-14-27-19-11-5-4-10-18(19)24)16-7-6-12-23(15-16)21(26)22-17-8-2-1-3-9-17/h1-3,8-9,16,18-19H,4-7,10-15H2,(H,22,26)/t16-,18+,19+/m0/s1. The molecule has 0 bridgehead atoms. The molecular formula is C21H29N3O3. The molecule has 3 fully saturated rings. The number of carbonyl (C=O) groups is 2. The highest BCUT2D eigenvalue weighted by atomic mass is 16.5. The van der Waals surface area contributed by atoms with Crippen molar-refractivity contribution in [3.63, 3.8) is 0 Å². The number of anilines is 1. The highest BCUT2D eigenvalue weighted by Gasteiger charge is 2.40. The average molecular weight is 371 g/mol.